The third-order valence-electron chi connectivity index (χ3n) is 2.76. The van der Waals surface area contributed by atoms with Gasteiger partial charge in [0.2, 0.25) is 0 Å². The lowest BCUT2D eigenvalue weighted by Gasteiger charge is -2.21. The van der Waals surface area contributed by atoms with Gasteiger partial charge in [0, 0.05) is 5.92 Å². The molecule has 0 amide bonds. The summed E-state index contributed by atoms with van der Waals surface area (Å²) >= 11 is 0. The van der Waals surface area contributed by atoms with Crippen LogP contribution in [0.15, 0.2) is 30.3 Å². The molecular formula is C14H21NO2. The largest absolute Gasteiger partial charge is 0.372 e. The first-order valence-electron chi connectivity index (χ1n) is 5.97. The van der Waals surface area contributed by atoms with E-state index in [0.29, 0.717) is 6.61 Å². The quantitative estimate of drug-likeness (QED) is 0.822. The summed E-state index contributed by atoms with van der Waals surface area (Å²) in [6.45, 7) is 6.03. The van der Waals surface area contributed by atoms with Crippen LogP contribution in [0.5, 0.6) is 0 Å². The minimum absolute atomic E-state index is 0.0468. The molecule has 17 heavy (non-hydrogen) atoms. The van der Waals surface area contributed by atoms with E-state index in [0.717, 1.165) is 5.56 Å². The molecule has 1 aromatic carbocycles. The van der Waals surface area contributed by atoms with Crippen molar-refractivity contribution in [3.63, 3.8) is 0 Å². The number of nitrogens with two attached hydrogens (primary N) is 1. The third kappa shape index (κ3) is 4.29. The fourth-order valence-corrected chi connectivity index (χ4v) is 1.52. The number of hydrogen-bond acceptors (Lipinski definition) is 3. The van der Waals surface area contributed by atoms with Gasteiger partial charge in [-0.3, -0.25) is 4.79 Å². The molecule has 0 spiro atoms. The molecule has 0 heterocycles. The lowest BCUT2D eigenvalue weighted by atomic mass is 9.99. The van der Waals surface area contributed by atoms with Crippen LogP contribution in [0.2, 0.25) is 0 Å². The Labute approximate surface area is 103 Å². The van der Waals surface area contributed by atoms with Gasteiger partial charge in [-0.05, 0) is 12.5 Å². The van der Waals surface area contributed by atoms with Gasteiger partial charge in [0.15, 0.2) is 5.78 Å². The van der Waals surface area contributed by atoms with E-state index in [1.807, 2.05) is 51.1 Å². The van der Waals surface area contributed by atoms with Crippen molar-refractivity contribution in [3.8, 4) is 0 Å². The molecule has 1 aromatic rings. The lowest BCUT2D eigenvalue weighted by molar-refractivity contribution is -0.126. The molecule has 3 heteroatoms. The summed E-state index contributed by atoms with van der Waals surface area (Å²) < 4.78 is 5.62. The molecule has 3 nitrogen and oxygen atoms in total. The maximum atomic E-state index is 11.7. The van der Waals surface area contributed by atoms with E-state index in [2.05, 4.69) is 0 Å². The van der Waals surface area contributed by atoms with Crippen molar-refractivity contribution in [1.29, 1.82) is 0 Å². The zero-order valence-electron chi connectivity index (χ0n) is 10.7. The van der Waals surface area contributed by atoms with E-state index in [1.54, 1.807) is 0 Å². The van der Waals surface area contributed by atoms with Crippen molar-refractivity contribution in [2.45, 2.75) is 39.5 Å². The highest BCUT2D eigenvalue weighted by molar-refractivity contribution is 5.86. The number of benzene rings is 1. The van der Waals surface area contributed by atoms with Crippen LogP contribution < -0.4 is 5.73 Å². The smallest absolute Gasteiger partial charge is 0.154 e. The fourth-order valence-electron chi connectivity index (χ4n) is 1.52. The number of Topliss-reactive ketones (excluding diaryl/α,β-unsaturated/α-hetero) is 1. The summed E-state index contributed by atoms with van der Waals surface area (Å²) in [5, 5.41) is 0. The fraction of sp³-hybridized carbons (Fsp3) is 0.500. The average molecular weight is 235 g/mol. The molecule has 2 atom stereocenters. The molecule has 0 aliphatic rings. The Hall–Kier alpha value is -1.19. The molecule has 0 aliphatic heterocycles. The van der Waals surface area contributed by atoms with E-state index < -0.39 is 6.04 Å². The second-order valence-electron chi connectivity index (χ2n) is 4.58. The Morgan fingerprint density at radius 3 is 2.35 bits per heavy atom. The summed E-state index contributed by atoms with van der Waals surface area (Å²) in [6.07, 6.45) is -0.259. The van der Waals surface area contributed by atoms with Gasteiger partial charge in [0.05, 0.1) is 18.8 Å². The first-order chi connectivity index (χ1) is 8.02. The van der Waals surface area contributed by atoms with Gasteiger partial charge < -0.3 is 10.5 Å². The van der Waals surface area contributed by atoms with Gasteiger partial charge in [0.25, 0.3) is 0 Å². The van der Waals surface area contributed by atoms with Crippen molar-refractivity contribution in [2.75, 3.05) is 0 Å². The molecule has 0 fully saturated rings. The Balaban J connectivity index is 2.44. The van der Waals surface area contributed by atoms with Gasteiger partial charge in [-0.1, -0.05) is 44.2 Å². The molecule has 0 saturated heterocycles. The summed E-state index contributed by atoms with van der Waals surface area (Å²) in [4.78, 5) is 11.7. The number of carbonyl (C=O) groups is 1. The Morgan fingerprint density at radius 2 is 1.82 bits per heavy atom. The second kappa shape index (κ2) is 6.52. The SMILES string of the molecule is CC(C)C(=O)C(N)C(C)OCc1ccccc1. The van der Waals surface area contributed by atoms with Gasteiger partial charge in [-0.15, -0.1) is 0 Å². The summed E-state index contributed by atoms with van der Waals surface area (Å²) in [6, 6.07) is 9.32. The van der Waals surface area contributed by atoms with E-state index in [4.69, 9.17) is 10.5 Å². The van der Waals surface area contributed by atoms with Crippen molar-refractivity contribution >= 4 is 5.78 Å². The van der Waals surface area contributed by atoms with Gasteiger partial charge >= 0.3 is 0 Å². The van der Waals surface area contributed by atoms with Crippen LogP contribution in [0, 0.1) is 5.92 Å². The predicted octanol–water partition coefficient (Wildman–Crippen LogP) is 2.14. The monoisotopic (exact) mass is 235 g/mol. The predicted molar refractivity (Wildman–Crippen MR) is 68.5 cm³/mol. The lowest BCUT2D eigenvalue weighted by Crippen LogP contribution is -2.43. The number of ether oxygens (including phenoxy) is 1. The summed E-state index contributed by atoms with van der Waals surface area (Å²) in [5.74, 6) is -0.00154. The first-order valence-corrected chi connectivity index (χ1v) is 5.97. The minimum atomic E-state index is -0.543. The topological polar surface area (TPSA) is 52.3 Å². The van der Waals surface area contributed by atoms with Crippen molar-refractivity contribution in [3.05, 3.63) is 35.9 Å². The Kier molecular flexibility index (Phi) is 5.32. The van der Waals surface area contributed by atoms with Crippen molar-refractivity contribution in [1.82, 2.24) is 0 Å². The van der Waals surface area contributed by atoms with Crippen LogP contribution >= 0.6 is 0 Å². The molecule has 0 saturated carbocycles. The van der Waals surface area contributed by atoms with Crippen LogP contribution in [0.1, 0.15) is 26.3 Å². The molecular weight excluding hydrogens is 214 g/mol. The van der Waals surface area contributed by atoms with Gasteiger partial charge in [0.1, 0.15) is 0 Å². The average Bonchev–Trinajstić information content (AvgIpc) is 2.35. The number of carbonyl (C=O) groups excluding carboxylic acids is 1. The van der Waals surface area contributed by atoms with E-state index >= 15 is 0 Å². The molecule has 2 unspecified atom stereocenters. The molecule has 1 rings (SSSR count). The summed E-state index contributed by atoms with van der Waals surface area (Å²) in [5.41, 5.74) is 6.94. The zero-order chi connectivity index (χ0) is 12.8. The molecule has 2 N–H and O–H groups in total. The maximum Gasteiger partial charge on any atom is 0.154 e. The highest BCUT2D eigenvalue weighted by Gasteiger charge is 2.23. The molecule has 0 aromatic heterocycles. The Bertz CT molecular complexity index is 348. The first kappa shape index (κ1) is 13.9. The molecule has 0 aliphatic carbocycles. The van der Waals surface area contributed by atoms with E-state index in [-0.39, 0.29) is 17.8 Å². The number of rotatable bonds is 6. The summed E-state index contributed by atoms with van der Waals surface area (Å²) in [7, 11) is 0. The van der Waals surface area contributed by atoms with Crippen molar-refractivity contribution < 1.29 is 9.53 Å². The normalized spacial score (nSPS) is 14.6. The third-order valence-corrected chi connectivity index (χ3v) is 2.76. The van der Waals surface area contributed by atoms with Gasteiger partial charge in [-0.25, -0.2) is 0 Å². The zero-order valence-corrected chi connectivity index (χ0v) is 10.7. The van der Waals surface area contributed by atoms with Crippen molar-refractivity contribution in [2.24, 2.45) is 11.7 Å². The van der Waals surface area contributed by atoms with Gasteiger partial charge in [-0.2, -0.15) is 0 Å². The van der Waals surface area contributed by atoms with Crippen LogP contribution in [-0.2, 0) is 16.1 Å². The van der Waals surface area contributed by atoms with E-state index in [9.17, 15) is 4.79 Å². The van der Waals surface area contributed by atoms with Crippen LogP contribution in [0.3, 0.4) is 0 Å². The highest BCUT2D eigenvalue weighted by atomic mass is 16.5. The van der Waals surface area contributed by atoms with Crippen LogP contribution in [0.4, 0.5) is 0 Å². The molecule has 94 valence electrons. The number of hydrogen-bond donors (Lipinski definition) is 1. The standard InChI is InChI=1S/C14H21NO2/c1-10(2)14(16)13(15)11(3)17-9-12-7-5-4-6-8-12/h4-8,10-11,13H,9,15H2,1-3H3. The second-order valence-corrected chi connectivity index (χ2v) is 4.58. The molecule has 0 radical (unpaired) electrons. The van der Waals surface area contributed by atoms with Crippen LogP contribution in [-0.4, -0.2) is 17.9 Å². The van der Waals surface area contributed by atoms with Crippen LogP contribution in [0.25, 0.3) is 0 Å². The molecule has 0 bridgehead atoms. The minimum Gasteiger partial charge on any atom is -0.372 e. The Morgan fingerprint density at radius 1 is 1.24 bits per heavy atom. The van der Waals surface area contributed by atoms with E-state index in [1.165, 1.54) is 0 Å². The maximum absolute atomic E-state index is 11.7. The highest BCUT2D eigenvalue weighted by Crippen LogP contribution is 2.08. The number of ketones is 1.